The molecule has 2 aromatic carbocycles. The number of hydrogen-bond donors (Lipinski definition) is 1. The van der Waals surface area contributed by atoms with Crippen molar-refractivity contribution in [1.29, 1.82) is 0 Å². The van der Waals surface area contributed by atoms with Crippen molar-refractivity contribution in [2.24, 2.45) is 11.3 Å². The maximum atomic E-state index is 11.2. The smallest absolute Gasteiger partial charge is 0.306 e. The van der Waals surface area contributed by atoms with Gasteiger partial charge in [-0.1, -0.05) is 51.3 Å². The molecule has 0 unspecified atom stereocenters. The molecule has 0 amide bonds. The maximum absolute atomic E-state index is 11.2. The first-order chi connectivity index (χ1) is 16.0. The average Bonchev–Trinajstić information content (AvgIpc) is 2.84. The summed E-state index contributed by atoms with van der Waals surface area (Å²) in [6, 6.07) is 13.2. The van der Waals surface area contributed by atoms with E-state index in [1.165, 1.54) is 67.7 Å². The average molecular weight is 452 g/mol. The van der Waals surface area contributed by atoms with E-state index >= 15 is 0 Å². The van der Waals surface area contributed by atoms with Crippen LogP contribution < -0.4 is 4.74 Å². The van der Waals surface area contributed by atoms with Crippen LogP contribution in [0, 0.1) is 11.3 Å². The zero-order valence-corrected chi connectivity index (χ0v) is 20.5. The summed E-state index contributed by atoms with van der Waals surface area (Å²) < 4.78 is 6.43. The third-order valence-corrected chi connectivity index (χ3v) is 8.33. The van der Waals surface area contributed by atoms with Gasteiger partial charge >= 0.3 is 5.97 Å². The molecule has 0 bridgehead atoms. The number of hydrogen-bond acceptors (Lipinski definition) is 3. The lowest BCUT2D eigenvalue weighted by Crippen LogP contribution is -2.35. The van der Waals surface area contributed by atoms with Crippen LogP contribution in [-0.2, 0) is 11.3 Å². The first kappa shape index (κ1) is 24.1. The van der Waals surface area contributed by atoms with Gasteiger partial charge in [0, 0.05) is 6.54 Å². The van der Waals surface area contributed by atoms with Gasteiger partial charge in [-0.25, -0.2) is 0 Å². The van der Waals surface area contributed by atoms with E-state index in [1.54, 1.807) is 0 Å². The first-order valence-corrected chi connectivity index (χ1v) is 13.1. The van der Waals surface area contributed by atoms with Gasteiger partial charge in [-0.05, 0) is 98.0 Å². The van der Waals surface area contributed by atoms with Crippen LogP contribution in [0.3, 0.4) is 0 Å². The predicted molar refractivity (Wildman–Crippen MR) is 135 cm³/mol. The van der Waals surface area contributed by atoms with Gasteiger partial charge < -0.3 is 9.84 Å². The Kier molecular flexibility index (Phi) is 7.95. The zero-order valence-electron chi connectivity index (χ0n) is 20.5. The minimum Gasteiger partial charge on any atom is -0.490 e. The highest BCUT2D eigenvalue weighted by Gasteiger charge is 2.34. The Morgan fingerprint density at radius 1 is 1.03 bits per heavy atom. The lowest BCUT2D eigenvalue weighted by Gasteiger charge is -2.40. The monoisotopic (exact) mass is 451 g/mol. The van der Waals surface area contributed by atoms with Gasteiger partial charge in [0.2, 0.25) is 0 Å². The Hall–Kier alpha value is -2.07. The molecule has 2 aromatic rings. The number of piperidine rings is 1. The molecule has 0 aromatic heterocycles. The van der Waals surface area contributed by atoms with E-state index in [0.717, 1.165) is 38.2 Å². The van der Waals surface area contributed by atoms with E-state index < -0.39 is 5.97 Å². The number of carbonyl (C=O) groups is 1. The van der Waals surface area contributed by atoms with Crippen LogP contribution in [0.15, 0.2) is 36.4 Å². The molecule has 33 heavy (non-hydrogen) atoms. The lowest BCUT2D eigenvalue weighted by atomic mass is 9.68. The lowest BCUT2D eigenvalue weighted by molar-refractivity contribution is -0.143. The Labute approximate surface area is 199 Å². The molecule has 2 fully saturated rings. The molecule has 1 N–H and O–H groups in total. The van der Waals surface area contributed by atoms with Crippen LogP contribution in [-0.4, -0.2) is 35.2 Å². The highest BCUT2D eigenvalue weighted by atomic mass is 16.5. The number of unbranched alkanes of at least 4 members (excludes halogenated alkanes) is 1. The van der Waals surface area contributed by atoms with Gasteiger partial charge in [-0.2, -0.15) is 0 Å². The summed E-state index contributed by atoms with van der Waals surface area (Å²) in [7, 11) is 0. The van der Waals surface area contributed by atoms with Crippen molar-refractivity contribution in [1.82, 2.24) is 4.90 Å². The fourth-order valence-electron chi connectivity index (χ4n) is 5.89. The number of rotatable bonds is 9. The molecule has 0 radical (unpaired) electrons. The number of nitrogens with zero attached hydrogens (tertiary/aromatic N) is 1. The summed E-state index contributed by atoms with van der Waals surface area (Å²) in [5.74, 6) is 0.177. The molecule has 4 nitrogen and oxygen atoms in total. The molecule has 0 spiro atoms. The van der Waals surface area contributed by atoms with Gasteiger partial charge in [0.05, 0.1) is 12.0 Å². The molecule has 180 valence electrons. The molecule has 1 saturated carbocycles. The first-order valence-electron chi connectivity index (χ1n) is 13.1. The van der Waals surface area contributed by atoms with Crippen LogP contribution in [0.1, 0.15) is 83.6 Å². The largest absolute Gasteiger partial charge is 0.490 e. The predicted octanol–water partition coefficient (Wildman–Crippen LogP) is 7.04. The quantitative estimate of drug-likeness (QED) is 0.444. The second-order valence-corrected chi connectivity index (χ2v) is 10.5. The minimum atomic E-state index is -0.646. The van der Waals surface area contributed by atoms with Gasteiger partial charge in [0.15, 0.2) is 0 Å². The molecule has 4 heteroatoms. The van der Waals surface area contributed by atoms with E-state index in [4.69, 9.17) is 4.74 Å². The van der Waals surface area contributed by atoms with Crippen LogP contribution in [0.2, 0.25) is 0 Å². The third kappa shape index (κ3) is 6.09. The highest BCUT2D eigenvalue weighted by molar-refractivity contribution is 5.84. The number of benzene rings is 2. The van der Waals surface area contributed by atoms with Gasteiger partial charge in [-0.3, -0.25) is 9.69 Å². The normalized spacial score (nSPS) is 24.7. The topological polar surface area (TPSA) is 49.8 Å². The summed E-state index contributed by atoms with van der Waals surface area (Å²) in [5, 5.41) is 11.7. The number of ether oxygens (including phenoxy) is 1. The van der Waals surface area contributed by atoms with Crippen LogP contribution >= 0.6 is 0 Å². The molecular weight excluding hydrogens is 410 g/mol. The van der Waals surface area contributed by atoms with E-state index in [2.05, 4.69) is 55.1 Å². The summed E-state index contributed by atoms with van der Waals surface area (Å²) in [6.45, 7) is 7.28. The molecule has 4 rings (SSSR count). The van der Waals surface area contributed by atoms with Crippen molar-refractivity contribution in [3.8, 4) is 5.75 Å². The summed E-state index contributed by atoms with van der Waals surface area (Å²) in [4.78, 5) is 13.5. The number of likely N-dealkylation sites (tertiary alicyclic amines) is 1. The third-order valence-electron chi connectivity index (χ3n) is 8.33. The van der Waals surface area contributed by atoms with Crippen molar-refractivity contribution in [2.45, 2.75) is 90.7 Å². The van der Waals surface area contributed by atoms with Gasteiger partial charge in [0.1, 0.15) is 5.75 Å². The molecule has 0 atom stereocenters. The van der Waals surface area contributed by atoms with Gasteiger partial charge in [-0.15, -0.1) is 0 Å². The Morgan fingerprint density at radius 3 is 2.39 bits per heavy atom. The molecule has 1 saturated heterocycles. The number of fused-ring (bicyclic) bond motifs is 1. The number of aliphatic carboxylic acids is 1. The molecule has 1 heterocycles. The van der Waals surface area contributed by atoms with Gasteiger partial charge in [0.25, 0.3) is 0 Å². The van der Waals surface area contributed by atoms with Crippen molar-refractivity contribution in [3.63, 3.8) is 0 Å². The molecule has 2 aliphatic rings. The summed E-state index contributed by atoms with van der Waals surface area (Å²) in [5.41, 5.74) is 1.85. The number of carboxylic acids is 1. The summed E-state index contributed by atoms with van der Waals surface area (Å²) in [6.07, 6.45) is 12.1. The van der Waals surface area contributed by atoms with Crippen LogP contribution in [0.25, 0.3) is 10.8 Å². The second kappa shape index (κ2) is 10.9. The fourth-order valence-corrected chi connectivity index (χ4v) is 5.89. The van der Waals surface area contributed by atoms with Crippen molar-refractivity contribution in [2.75, 3.05) is 13.1 Å². The van der Waals surface area contributed by atoms with E-state index in [0.29, 0.717) is 11.5 Å². The highest BCUT2D eigenvalue weighted by Crippen LogP contribution is 2.44. The Balaban J connectivity index is 1.32. The molecule has 1 aliphatic heterocycles. The maximum Gasteiger partial charge on any atom is 0.306 e. The van der Waals surface area contributed by atoms with E-state index in [-0.39, 0.29) is 5.92 Å². The SMILES string of the molecule is CCCCC1(CC)CCC(Oc2ccc3cc(CN4CCC(C(=O)O)CC4)ccc3c2)CC1. The van der Waals surface area contributed by atoms with Crippen molar-refractivity contribution in [3.05, 3.63) is 42.0 Å². The molecule has 1 aliphatic carbocycles. The van der Waals surface area contributed by atoms with E-state index in [9.17, 15) is 9.90 Å². The molecular formula is C29H41NO3. The fraction of sp³-hybridized carbons (Fsp3) is 0.621. The van der Waals surface area contributed by atoms with Crippen LogP contribution in [0.5, 0.6) is 5.75 Å². The second-order valence-electron chi connectivity index (χ2n) is 10.5. The summed E-state index contributed by atoms with van der Waals surface area (Å²) >= 11 is 0. The van der Waals surface area contributed by atoms with Crippen LogP contribution in [0.4, 0.5) is 0 Å². The standard InChI is InChI=1S/C29H41NO3/c1-3-5-14-29(4-2)15-10-26(11-16-29)33-27-9-8-24-19-22(6-7-25(24)20-27)21-30-17-12-23(13-18-30)28(31)32/h6-9,19-20,23,26H,3-5,10-18,21H2,1-2H3,(H,31,32). The van der Waals surface area contributed by atoms with Crippen molar-refractivity contribution < 1.29 is 14.6 Å². The zero-order chi connectivity index (χ0) is 23.3. The Bertz CT molecular complexity index is 924. The Morgan fingerprint density at radius 2 is 1.73 bits per heavy atom. The number of carboxylic acid groups (broad SMARTS) is 1. The minimum absolute atomic E-state index is 0.171. The van der Waals surface area contributed by atoms with E-state index in [1.807, 2.05) is 0 Å². The van der Waals surface area contributed by atoms with Crippen molar-refractivity contribution >= 4 is 16.7 Å².